The van der Waals surface area contributed by atoms with Gasteiger partial charge in [-0.3, -0.25) is 4.79 Å². The highest BCUT2D eigenvalue weighted by Gasteiger charge is 2.09. The molecule has 0 aliphatic heterocycles. The lowest BCUT2D eigenvalue weighted by Gasteiger charge is -2.08. The van der Waals surface area contributed by atoms with Gasteiger partial charge >= 0.3 is 0 Å². The van der Waals surface area contributed by atoms with Crippen molar-refractivity contribution in [1.29, 1.82) is 0 Å². The number of carbonyl (C=O) groups is 1. The molecule has 1 aromatic carbocycles. The van der Waals surface area contributed by atoms with E-state index in [0.29, 0.717) is 11.4 Å². The highest BCUT2D eigenvalue weighted by atomic mass is 35.5. The average Bonchev–Trinajstić information content (AvgIpc) is 2.46. The molecule has 0 radical (unpaired) electrons. The Bertz CT molecular complexity index is 636. The van der Waals surface area contributed by atoms with Gasteiger partial charge in [0.25, 0.3) is 5.91 Å². The summed E-state index contributed by atoms with van der Waals surface area (Å²) >= 11 is 7.44. The van der Waals surface area contributed by atoms with Gasteiger partial charge < -0.3 is 10.7 Å². The summed E-state index contributed by atoms with van der Waals surface area (Å²) in [6.45, 7) is 0. The number of thioether (sulfide) groups is 1. The number of nitrogen functional groups attached to an aromatic ring is 1. The first-order valence-corrected chi connectivity index (χ1v) is 7.32. The maximum Gasteiger partial charge on any atom is 0.255 e. The molecule has 0 spiro atoms. The molecule has 5 nitrogen and oxygen atoms in total. The maximum absolute atomic E-state index is 12.2. The molecule has 0 unspecified atom stereocenters. The SMILES string of the molecule is CSc1cccc(NC(=O)c2cc(Cl)nc(NN)c2)c1. The number of anilines is 2. The molecule has 0 atom stereocenters. The van der Waals surface area contributed by atoms with Crippen LogP contribution in [0, 0.1) is 0 Å². The van der Waals surface area contributed by atoms with Crippen molar-refractivity contribution in [2.45, 2.75) is 4.90 Å². The number of nitrogens with two attached hydrogens (primary N) is 1. The van der Waals surface area contributed by atoms with Crippen molar-refractivity contribution in [3.05, 3.63) is 47.1 Å². The number of pyridine rings is 1. The van der Waals surface area contributed by atoms with Crippen molar-refractivity contribution in [3.8, 4) is 0 Å². The Morgan fingerprint density at radius 3 is 2.85 bits per heavy atom. The minimum atomic E-state index is -0.274. The van der Waals surface area contributed by atoms with Crippen molar-refractivity contribution < 1.29 is 4.79 Å². The van der Waals surface area contributed by atoms with Gasteiger partial charge in [-0.1, -0.05) is 17.7 Å². The van der Waals surface area contributed by atoms with Crippen molar-refractivity contribution in [2.75, 3.05) is 17.0 Å². The third-order valence-corrected chi connectivity index (χ3v) is 3.45. The summed E-state index contributed by atoms with van der Waals surface area (Å²) in [6.07, 6.45) is 1.97. The Hall–Kier alpha value is -1.76. The number of nitrogens with zero attached hydrogens (tertiary/aromatic N) is 1. The van der Waals surface area contributed by atoms with Crippen molar-refractivity contribution >= 4 is 40.8 Å². The van der Waals surface area contributed by atoms with E-state index in [1.54, 1.807) is 11.8 Å². The van der Waals surface area contributed by atoms with Crippen LogP contribution < -0.4 is 16.6 Å². The molecule has 0 saturated heterocycles. The number of rotatable bonds is 4. The summed E-state index contributed by atoms with van der Waals surface area (Å²) < 4.78 is 0. The lowest BCUT2D eigenvalue weighted by atomic mass is 10.2. The minimum Gasteiger partial charge on any atom is -0.322 e. The minimum absolute atomic E-state index is 0.198. The second kappa shape index (κ2) is 6.60. The predicted molar refractivity (Wildman–Crippen MR) is 83.2 cm³/mol. The Morgan fingerprint density at radius 1 is 1.35 bits per heavy atom. The molecule has 4 N–H and O–H groups in total. The molecule has 104 valence electrons. The number of hydrogen-bond donors (Lipinski definition) is 3. The van der Waals surface area contributed by atoms with Crippen LogP contribution in [0.1, 0.15) is 10.4 Å². The fourth-order valence-corrected chi connectivity index (χ4v) is 2.27. The molecule has 0 fully saturated rings. The van der Waals surface area contributed by atoms with Crippen molar-refractivity contribution in [1.82, 2.24) is 4.98 Å². The quantitative estimate of drug-likeness (QED) is 0.350. The lowest BCUT2D eigenvalue weighted by molar-refractivity contribution is 0.102. The first-order valence-electron chi connectivity index (χ1n) is 5.72. The molecule has 20 heavy (non-hydrogen) atoms. The lowest BCUT2D eigenvalue weighted by Crippen LogP contribution is -2.14. The van der Waals surface area contributed by atoms with Crippen molar-refractivity contribution in [2.24, 2.45) is 5.84 Å². The van der Waals surface area contributed by atoms with E-state index in [1.165, 1.54) is 12.1 Å². The van der Waals surface area contributed by atoms with E-state index in [9.17, 15) is 4.79 Å². The summed E-state index contributed by atoms with van der Waals surface area (Å²) in [7, 11) is 0. The third-order valence-electron chi connectivity index (χ3n) is 2.53. The van der Waals surface area contributed by atoms with Gasteiger partial charge in [-0.15, -0.1) is 11.8 Å². The van der Waals surface area contributed by atoms with E-state index in [-0.39, 0.29) is 11.1 Å². The topological polar surface area (TPSA) is 80.0 Å². The summed E-state index contributed by atoms with van der Waals surface area (Å²) in [5.41, 5.74) is 3.47. The Kier molecular flexibility index (Phi) is 4.84. The maximum atomic E-state index is 12.2. The predicted octanol–water partition coefficient (Wildman–Crippen LogP) is 2.99. The van der Waals surface area contributed by atoms with Crippen molar-refractivity contribution in [3.63, 3.8) is 0 Å². The number of halogens is 1. The highest BCUT2D eigenvalue weighted by molar-refractivity contribution is 7.98. The second-order valence-corrected chi connectivity index (χ2v) is 5.16. The average molecular weight is 309 g/mol. The van der Waals surface area contributed by atoms with Gasteiger partial charge in [-0.2, -0.15) is 0 Å². The van der Waals surface area contributed by atoms with E-state index in [1.807, 2.05) is 30.5 Å². The van der Waals surface area contributed by atoms with Gasteiger partial charge in [0, 0.05) is 16.1 Å². The molecular weight excluding hydrogens is 296 g/mol. The monoisotopic (exact) mass is 308 g/mol. The molecule has 0 aliphatic carbocycles. The van der Waals surface area contributed by atoms with Gasteiger partial charge in [-0.05, 0) is 36.6 Å². The number of aromatic nitrogens is 1. The fourth-order valence-electron chi connectivity index (χ4n) is 1.61. The van der Waals surface area contributed by atoms with Crippen LogP contribution in [0.3, 0.4) is 0 Å². The molecule has 0 bridgehead atoms. The smallest absolute Gasteiger partial charge is 0.255 e. The van der Waals surface area contributed by atoms with Crippen LogP contribution in [0.15, 0.2) is 41.3 Å². The molecule has 0 aliphatic rings. The van der Waals surface area contributed by atoms with E-state index < -0.39 is 0 Å². The summed E-state index contributed by atoms with van der Waals surface area (Å²) in [6, 6.07) is 10.6. The molecular formula is C13H13ClN4OS. The molecule has 2 aromatic rings. The molecule has 0 saturated carbocycles. The molecule has 7 heteroatoms. The second-order valence-electron chi connectivity index (χ2n) is 3.89. The molecule has 1 aromatic heterocycles. The van der Waals surface area contributed by atoms with Gasteiger partial charge in [0.1, 0.15) is 11.0 Å². The fraction of sp³-hybridized carbons (Fsp3) is 0.0769. The van der Waals surface area contributed by atoms with Gasteiger partial charge in [0.15, 0.2) is 0 Å². The number of hydrogen-bond acceptors (Lipinski definition) is 5. The zero-order valence-corrected chi connectivity index (χ0v) is 12.3. The van der Waals surface area contributed by atoms with Crippen LogP contribution >= 0.6 is 23.4 Å². The molecule has 1 amide bonds. The third kappa shape index (κ3) is 3.63. The zero-order chi connectivity index (χ0) is 14.5. The Morgan fingerprint density at radius 2 is 2.15 bits per heavy atom. The number of benzene rings is 1. The van der Waals surface area contributed by atoms with E-state index in [4.69, 9.17) is 17.4 Å². The van der Waals surface area contributed by atoms with E-state index >= 15 is 0 Å². The first-order chi connectivity index (χ1) is 9.62. The normalized spacial score (nSPS) is 10.2. The zero-order valence-electron chi connectivity index (χ0n) is 10.7. The van der Waals surface area contributed by atoms with Gasteiger partial charge in [0.05, 0.1) is 0 Å². The number of nitrogens with one attached hydrogen (secondary N) is 2. The molecule has 2 rings (SSSR count). The van der Waals surface area contributed by atoms with Crippen LogP contribution in [0.4, 0.5) is 11.5 Å². The van der Waals surface area contributed by atoms with Crippen LogP contribution in [-0.4, -0.2) is 17.1 Å². The van der Waals surface area contributed by atoms with Crippen LogP contribution in [0.2, 0.25) is 5.15 Å². The van der Waals surface area contributed by atoms with Crippen LogP contribution in [0.25, 0.3) is 0 Å². The van der Waals surface area contributed by atoms with E-state index in [2.05, 4.69) is 15.7 Å². The van der Waals surface area contributed by atoms with E-state index in [0.717, 1.165) is 10.6 Å². The number of carbonyl (C=O) groups excluding carboxylic acids is 1. The van der Waals surface area contributed by atoms with Gasteiger partial charge in [-0.25, -0.2) is 10.8 Å². The highest BCUT2D eigenvalue weighted by Crippen LogP contribution is 2.20. The molecule has 1 heterocycles. The van der Waals surface area contributed by atoms with Gasteiger partial charge in [0.2, 0.25) is 0 Å². The van der Waals surface area contributed by atoms with Crippen LogP contribution in [0.5, 0.6) is 0 Å². The van der Waals surface area contributed by atoms with Crippen LogP contribution in [-0.2, 0) is 0 Å². The Labute approximate surface area is 125 Å². The summed E-state index contributed by atoms with van der Waals surface area (Å²) in [5.74, 6) is 5.33. The largest absolute Gasteiger partial charge is 0.322 e. The summed E-state index contributed by atoms with van der Waals surface area (Å²) in [4.78, 5) is 17.1. The standard InChI is InChI=1S/C13H13ClN4OS/c1-20-10-4-2-3-9(7-10)16-13(19)8-5-11(14)17-12(6-8)18-15/h2-7H,15H2,1H3,(H,16,19)(H,17,18). The number of hydrazine groups is 1. The first kappa shape index (κ1) is 14.6. The Balaban J connectivity index is 2.21. The number of amides is 1. The summed E-state index contributed by atoms with van der Waals surface area (Å²) in [5, 5.41) is 3.00.